The quantitative estimate of drug-likeness (QED) is 0.213. The van der Waals surface area contributed by atoms with Gasteiger partial charge >= 0.3 is 5.97 Å². The number of carbonyl (C=O) groups is 1. The van der Waals surface area contributed by atoms with Gasteiger partial charge in [0, 0.05) is 40.5 Å². The number of aromatic nitrogens is 6. The van der Waals surface area contributed by atoms with E-state index in [4.69, 9.17) is 21.3 Å². The van der Waals surface area contributed by atoms with Crippen LogP contribution in [-0.4, -0.2) is 46.6 Å². The van der Waals surface area contributed by atoms with Gasteiger partial charge in [-0.05, 0) is 69.2 Å². The van der Waals surface area contributed by atoms with Gasteiger partial charge in [0.2, 0.25) is 0 Å². The standard InChI is InChI=1S/C31H27ClN6O3S/c1-16-10-22-28(26(17-6-8-20(32)9-7-17)25(16)27(30(39)40)41-31(2,3)4)42-29(36-22)19-11-21(37-34-14-19)18-12-24-23(33-13-18)15-35-38(24)5/h6-15,27H,1-5H3,(H,39,40)/t27-/m0/s1. The predicted molar refractivity (Wildman–Crippen MR) is 165 cm³/mol. The van der Waals surface area contributed by atoms with Gasteiger partial charge in [0.25, 0.3) is 0 Å². The molecule has 0 saturated heterocycles. The maximum atomic E-state index is 12.6. The lowest BCUT2D eigenvalue weighted by Crippen LogP contribution is -2.28. The molecule has 4 heterocycles. The molecule has 0 spiro atoms. The SMILES string of the molecule is Cc1cc2nc(-c3cnnc(-c4cnc5cnn(C)c5c4)c3)sc2c(-c2ccc(Cl)cc2)c1[C@H](OC(C)(C)C)C(=O)O. The minimum Gasteiger partial charge on any atom is -0.479 e. The van der Waals surface area contributed by atoms with E-state index in [0.717, 1.165) is 54.1 Å². The summed E-state index contributed by atoms with van der Waals surface area (Å²) in [4.78, 5) is 22.1. The molecular formula is C31H27ClN6O3S. The van der Waals surface area contributed by atoms with Gasteiger partial charge in [0.15, 0.2) is 6.10 Å². The number of hydrogen-bond donors (Lipinski definition) is 1. The number of carboxylic acids is 1. The highest BCUT2D eigenvalue weighted by Gasteiger charge is 2.32. The number of halogens is 1. The Morgan fingerprint density at radius 3 is 2.50 bits per heavy atom. The van der Waals surface area contributed by atoms with Gasteiger partial charge in [0.1, 0.15) is 10.5 Å². The molecule has 1 N–H and O–H groups in total. The molecule has 4 aromatic heterocycles. The maximum absolute atomic E-state index is 12.6. The Bertz CT molecular complexity index is 1980. The lowest BCUT2D eigenvalue weighted by atomic mass is 9.91. The molecule has 0 unspecified atom stereocenters. The molecule has 42 heavy (non-hydrogen) atoms. The Balaban J connectivity index is 1.53. The van der Waals surface area contributed by atoms with Crippen LogP contribution in [0.4, 0.5) is 0 Å². The lowest BCUT2D eigenvalue weighted by Gasteiger charge is -2.28. The number of thiazole rings is 1. The van der Waals surface area contributed by atoms with Crippen LogP contribution in [-0.2, 0) is 16.6 Å². The van der Waals surface area contributed by atoms with Gasteiger partial charge in [-0.2, -0.15) is 15.3 Å². The minimum absolute atomic E-state index is 0.587. The summed E-state index contributed by atoms with van der Waals surface area (Å²) in [5, 5.41) is 24.5. The highest BCUT2D eigenvalue weighted by atomic mass is 35.5. The number of benzene rings is 2. The highest BCUT2D eigenvalue weighted by molar-refractivity contribution is 7.22. The molecule has 0 radical (unpaired) electrons. The summed E-state index contributed by atoms with van der Waals surface area (Å²) in [7, 11) is 1.87. The molecule has 6 aromatic rings. The van der Waals surface area contributed by atoms with Gasteiger partial charge < -0.3 is 9.84 Å². The number of hydrogen-bond acceptors (Lipinski definition) is 8. The Hall–Kier alpha value is -4.25. The second-order valence-corrected chi connectivity index (χ2v) is 12.5. The van der Waals surface area contributed by atoms with Crippen molar-refractivity contribution in [1.82, 2.24) is 29.9 Å². The van der Waals surface area contributed by atoms with Crippen LogP contribution in [0, 0.1) is 6.92 Å². The van der Waals surface area contributed by atoms with Crippen molar-refractivity contribution in [3.05, 3.63) is 77.2 Å². The van der Waals surface area contributed by atoms with E-state index < -0.39 is 17.7 Å². The monoisotopic (exact) mass is 598 g/mol. The van der Waals surface area contributed by atoms with E-state index in [0.29, 0.717) is 16.3 Å². The molecular weight excluding hydrogens is 572 g/mol. The Morgan fingerprint density at radius 2 is 1.79 bits per heavy atom. The Morgan fingerprint density at radius 1 is 1.02 bits per heavy atom. The second kappa shape index (κ2) is 10.5. The van der Waals surface area contributed by atoms with Crippen molar-refractivity contribution in [2.45, 2.75) is 39.4 Å². The zero-order valence-corrected chi connectivity index (χ0v) is 25.2. The number of rotatable bonds is 6. The first-order valence-corrected chi connectivity index (χ1v) is 14.4. The number of ether oxygens (including phenoxy) is 1. The number of carboxylic acid groups (broad SMARTS) is 1. The molecule has 0 aliphatic heterocycles. The summed E-state index contributed by atoms with van der Waals surface area (Å²) in [5.41, 5.74) is 6.94. The fourth-order valence-corrected chi connectivity index (χ4v) is 6.18. The molecule has 0 amide bonds. The molecule has 1 atom stereocenters. The summed E-state index contributed by atoms with van der Waals surface area (Å²) in [5.74, 6) is -1.06. The van der Waals surface area contributed by atoms with Crippen LogP contribution < -0.4 is 0 Å². The zero-order valence-electron chi connectivity index (χ0n) is 23.6. The van der Waals surface area contributed by atoms with E-state index in [-0.39, 0.29) is 0 Å². The molecule has 6 rings (SSSR count). The fourth-order valence-electron chi connectivity index (χ4n) is 4.95. The van der Waals surface area contributed by atoms with Crippen molar-refractivity contribution in [3.8, 4) is 33.0 Å². The summed E-state index contributed by atoms with van der Waals surface area (Å²) in [6.07, 6.45) is 3.97. The fraction of sp³-hybridized carbons (Fsp3) is 0.226. The summed E-state index contributed by atoms with van der Waals surface area (Å²) in [6.45, 7) is 7.43. The molecule has 0 saturated carbocycles. The van der Waals surface area contributed by atoms with Gasteiger partial charge in [-0.15, -0.1) is 11.3 Å². The van der Waals surface area contributed by atoms with E-state index >= 15 is 0 Å². The van der Waals surface area contributed by atoms with Crippen molar-refractivity contribution >= 4 is 50.2 Å². The van der Waals surface area contributed by atoms with Gasteiger partial charge in [0.05, 0.1) is 39.4 Å². The summed E-state index contributed by atoms with van der Waals surface area (Å²) >= 11 is 7.69. The largest absolute Gasteiger partial charge is 0.479 e. The summed E-state index contributed by atoms with van der Waals surface area (Å²) < 4.78 is 8.73. The van der Waals surface area contributed by atoms with Crippen molar-refractivity contribution in [1.29, 1.82) is 0 Å². The van der Waals surface area contributed by atoms with Gasteiger partial charge in [-0.3, -0.25) is 9.67 Å². The van der Waals surface area contributed by atoms with Crippen LogP contribution in [0.15, 0.2) is 61.1 Å². The Labute approximate surface area is 250 Å². The third-order valence-electron chi connectivity index (χ3n) is 6.82. The first-order valence-electron chi connectivity index (χ1n) is 13.2. The zero-order chi connectivity index (χ0) is 29.8. The van der Waals surface area contributed by atoms with Crippen LogP contribution in [0.5, 0.6) is 0 Å². The molecule has 0 fully saturated rings. The van der Waals surface area contributed by atoms with E-state index in [1.165, 1.54) is 11.3 Å². The Kier molecular flexibility index (Phi) is 7.00. The number of fused-ring (bicyclic) bond motifs is 2. The van der Waals surface area contributed by atoms with E-state index in [1.54, 1.807) is 35.4 Å². The second-order valence-electron chi connectivity index (χ2n) is 11.0. The maximum Gasteiger partial charge on any atom is 0.337 e. The van der Waals surface area contributed by atoms with E-state index in [2.05, 4.69) is 20.3 Å². The minimum atomic E-state index is -1.19. The molecule has 0 aliphatic rings. The predicted octanol–water partition coefficient (Wildman–Crippen LogP) is 7.27. The summed E-state index contributed by atoms with van der Waals surface area (Å²) in [6, 6.07) is 13.2. The molecule has 2 aromatic carbocycles. The molecule has 0 aliphatic carbocycles. The van der Waals surface area contributed by atoms with E-state index in [9.17, 15) is 9.90 Å². The molecule has 9 nitrogen and oxygen atoms in total. The number of nitrogens with zero attached hydrogens (tertiary/aromatic N) is 6. The first kappa shape index (κ1) is 27.9. The highest BCUT2D eigenvalue weighted by Crippen LogP contribution is 2.44. The van der Waals surface area contributed by atoms with Crippen molar-refractivity contribution in [3.63, 3.8) is 0 Å². The van der Waals surface area contributed by atoms with Crippen LogP contribution in [0.1, 0.15) is 38.0 Å². The smallest absolute Gasteiger partial charge is 0.337 e. The van der Waals surface area contributed by atoms with Crippen molar-refractivity contribution in [2.24, 2.45) is 7.05 Å². The van der Waals surface area contributed by atoms with Crippen molar-refractivity contribution < 1.29 is 14.6 Å². The third kappa shape index (κ3) is 5.24. The molecule has 11 heteroatoms. The van der Waals surface area contributed by atoms with Crippen LogP contribution >= 0.6 is 22.9 Å². The third-order valence-corrected chi connectivity index (χ3v) is 8.20. The van der Waals surface area contributed by atoms with Crippen molar-refractivity contribution in [2.75, 3.05) is 0 Å². The first-order chi connectivity index (χ1) is 20.0. The number of pyridine rings is 1. The van der Waals surface area contributed by atoms with E-state index in [1.807, 2.05) is 65.1 Å². The van der Waals surface area contributed by atoms with Crippen LogP contribution in [0.25, 0.3) is 54.2 Å². The average molecular weight is 599 g/mol. The lowest BCUT2D eigenvalue weighted by molar-refractivity contribution is -0.160. The van der Waals surface area contributed by atoms with Gasteiger partial charge in [-0.25, -0.2) is 9.78 Å². The number of aliphatic carboxylic acids is 1. The molecule has 212 valence electrons. The topological polar surface area (TPSA) is 116 Å². The normalized spacial score (nSPS) is 12.7. The van der Waals surface area contributed by atoms with Crippen LogP contribution in [0.3, 0.4) is 0 Å². The van der Waals surface area contributed by atoms with Gasteiger partial charge in [-0.1, -0.05) is 23.7 Å². The number of aryl methyl sites for hydroxylation is 2. The molecule has 0 bridgehead atoms. The average Bonchev–Trinajstić information content (AvgIpc) is 3.54. The van der Waals surface area contributed by atoms with Crippen LogP contribution in [0.2, 0.25) is 5.02 Å².